The summed E-state index contributed by atoms with van der Waals surface area (Å²) in [6, 6.07) is 16.0. The van der Waals surface area contributed by atoms with Gasteiger partial charge in [0.1, 0.15) is 12.4 Å². The van der Waals surface area contributed by atoms with Crippen molar-refractivity contribution in [3.05, 3.63) is 77.5 Å². The van der Waals surface area contributed by atoms with Crippen molar-refractivity contribution in [3.8, 4) is 0 Å². The summed E-state index contributed by atoms with van der Waals surface area (Å²) in [7, 11) is 1.33. The first kappa shape index (κ1) is 23.3. The smallest absolute Gasteiger partial charge is 0.330 e. The Morgan fingerprint density at radius 3 is 2.71 bits per heavy atom. The largest absolute Gasteiger partial charge is 0.466 e. The minimum absolute atomic E-state index is 0.0364. The predicted molar refractivity (Wildman–Crippen MR) is 134 cm³/mol. The molecule has 2 heterocycles. The summed E-state index contributed by atoms with van der Waals surface area (Å²) in [5.74, 6) is -0.417. The Bertz CT molecular complexity index is 1230. The minimum Gasteiger partial charge on any atom is -0.466 e. The third kappa shape index (κ3) is 5.20. The van der Waals surface area contributed by atoms with Crippen molar-refractivity contribution in [1.82, 2.24) is 9.47 Å². The van der Waals surface area contributed by atoms with Crippen LogP contribution in [0.4, 0.5) is 0 Å². The molecule has 1 saturated heterocycles. The van der Waals surface area contributed by atoms with Gasteiger partial charge < -0.3 is 19.9 Å². The van der Waals surface area contributed by atoms with Crippen molar-refractivity contribution >= 4 is 34.7 Å². The normalized spacial score (nSPS) is 16.1. The van der Waals surface area contributed by atoms with E-state index in [0.29, 0.717) is 5.56 Å². The maximum absolute atomic E-state index is 13.5. The molecule has 176 valence electrons. The molecule has 34 heavy (non-hydrogen) atoms. The molecule has 7 nitrogen and oxygen atoms in total. The summed E-state index contributed by atoms with van der Waals surface area (Å²) in [5, 5.41) is 8.59. The fourth-order valence-electron chi connectivity index (χ4n) is 4.65. The highest BCUT2D eigenvalue weighted by atomic mass is 16.5. The monoisotopic (exact) mass is 458 g/mol. The van der Waals surface area contributed by atoms with Crippen LogP contribution in [-0.2, 0) is 27.3 Å². The van der Waals surface area contributed by atoms with Crippen molar-refractivity contribution in [2.75, 3.05) is 13.7 Å². The summed E-state index contributed by atoms with van der Waals surface area (Å²) in [4.78, 5) is 27.1. The van der Waals surface area contributed by atoms with Gasteiger partial charge in [0.05, 0.1) is 7.11 Å². The Hall–Kier alpha value is -3.87. The molecule has 0 spiro atoms. The number of carbonyl (C=O) groups excluding carboxylic acids is 2. The highest BCUT2D eigenvalue weighted by molar-refractivity contribution is 6.01. The van der Waals surface area contributed by atoms with Crippen LogP contribution in [0.2, 0.25) is 0 Å². The number of nitrogens with zero attached hydrogens (tertiary/aromatic N) is 2. The van der Waals surface area contributed by atoms with Gasteiger partial charge in [-0.25, -0.2) is 4.79 Å². The van der Waals surface area contributed by atoms with E-state index in [9.17, 15) is 9.59 Å². The Balaban J connectivity index is 1.62. The lowest BCUT2D eigenvalue weighted by atomic mass is 9.95. The number of esters is 1. The fourth-order valence-corrected chi connectivity index (χ4v) is 4.65. The van der Waals surface area contributed by atoms with Crippen LogP contribution >= 0.6 is 0 Å². The number of amides is 1. The number of fused-ring (bicyclic) bond motifs is 1. The lowest BCUT2D eigenvalue weighted by molar-refractivity contribution is -0.136. The maximum atomic E-state index is 13.5. The van der Waals surface area contributed by atoms with Crippen LogP contribution in [0, 0.1) is 5.41 Å². The molecular formula is C27H30N4O3. The molecule has 0 bridgehead atoms. The third-order valence-corrected chi connectivity index (χ3v) is 6.39. The quantitative estimate of drug-likeness (QED) is 0.244. The average molecular weight is 459 g/mol. The molecule has 3 N–H and O–H groups in total. The standard InChI is InChI=1S/C27H30N4O3/c1-34-26(33)13-11-21-17-30(24-12-10-20(27(28)29)16-23(21)24)18-25(32)31-14-6-5-9-22(31)15-19-7-3-2-4-8-19/h2-4,7-8,10-13,16-17,22H,5-6,9,14-15,18H2,1H3,(H3,28,29). The predicted octanol–water partition coefficient (Wildman–Crippen LogP) is 3.74. The van der Waals surface area contributed by atoms with Crippen LogP contribution in [0.25, 0.3) is 17.0 Å². The molecule has 3 aromatic rings. The van der Waals surface area contributed by atoms with Gasteiger partial charge in [0.25, 0.3) is 0 Å². The van der Waals surface area contributed by atoms with Crippen LogP contribution in [0.5, 0.6) is 0 Å². The topological polar surface area (TPSA) is 101 Å². The number of nitrogens with one attached hydrogen (secondary N) is 1. The number of nitrogen functional groups attached to an aromatic ring is 1. The number of benzene rings is 2. The van der Waals surface area contributed by atoms with Crippen molar-refractivity contribution in [1.29, 1.82) is 5.41 Å². The number of nitrogens with two attached hydrogens (primary N) is 1. The number of piperidine rings is 1. The molecule has 1 unspecified atom stereocenters. The van der Waals surface area contributed by atoms with Gasteiger partial charge in [0, 0.05) is 46.9 Å². The first-order valence-corrected chi connectivity index (χ1v) is 11.5. The van der Waals surface area contributed by atoms with Gasteiger partial charge in [0.15, 0.2) is 0 Å². The molecule has 7 heteroatoms. The summed E-state index contributed by atoms with van der Waals surface area (Å²) in [6.45, 7) is 0.965. The molecule has 0 aliphatic carbocycles. The zero-order chi connectivity index (χ0) is 24.1. The molecule has 0 saturated carbocycles. The lowest BCUT2D eigenvalue weighted by Gasteiger charge is -2.36. The van der Waals surface area contributed by atoms with Gasteiger partial charge >= 0.3 is 5.97 Å². The van der Waals surface area contributed by atoms with Crippen molar-refractivity contribution in [3.63, 3.8) is 0 Å². The number of ether oxygens (including phenoxy) is 1. The van der Waals surface area contributed by atoms with E-state index in [1.807, 2.05) is 46.0 Å². The first-order chi connectivity index (χ1) is 16.5. The Kier molecular flexibility index (Phi) is 7.11. The molecule has 4 rings (SSSR count). The average Bonchev–Trinajstić information content (AvgIpc) is 3.19. The number of aromatic nitrogens is 1. The van der Waals surface area contributed by atoms with E-state index < -0.39 is 5.97 Å². The van der Waals surface area contributed by atoms with E-state index in [1.54, 1.807) is 12.1 Å². The number of carbonyl (C=O) groups is 2. The number of likely N-dealkylation sites (tertiary alicyclic amines) is 1. The Morgan fingerprint density at radius 2 is 1.97 bits per heavy atom. The van der Waals surface area contributed by atoms with E-state index >= 15 is 0 Å². The van der Waals surface area contributed by atoms with Gasteiger partial charge in [-0.15, -0.1) is 0 Å². The van der Waals surface area contributed by atoms with Gasteiger partial charge in [-0.2, -0.15) is 0 Å². The minimum atomic E-state index is -0.461. The van der Waals surface area contributed by atoms with Gasteiger partial charge in [-0.3, -0.25) is 10.2 Å². The lowest BCUT2D eigenvalue weighted by Crippen LogP contribution is -2.46. The second-order valence-corrected chi connectivity index (χ2v) is 8.64. The number of hydrogen-bond donors (Lipinski definition) is 2. The van der Waals surface area contributed by atoms with Crippen LogP contribution in [0.1, 0.15) is 36.0 Å². The van der Waals surface area contributed by atoms with Gasteiger partial charge in [0.2, 0.25) is 5.91 Å². The molecule has 1 aromatic heterocycles. The van der Waals surface area contributed by atoms with Crippen LogP contribution in [0.3, 0.4) is 0 Å². The van der Waals surface area contributed by atoms with E-state index in [2.05, 4.69) is 12.1 Å². The number of methoxy groups -OCH3 is 1. The molecule has 1 aliphatic rings. The van der Waals surface area contributed by atoms with Gasteiger partial charge in [-0.05, 0) is 55.5 Å². The number of amidine groups is 1. The fraction of sp³-hybridized carbons (Fsp3) is 0.296. The maximum Gasteiger partial charge on any atom is 0.330 e. The van der Waals surface area contributed by atoms with E-state index in [4.69, 9.17) is 15.9 Å². The summed E-state index contributed by atoms with van der Waals surface area (Å²) < 4.78 is 6.62. The first-order valence-electron chi connectivity index (χ1n) is 11.5. The highest BCUT2D eigenvalue weighted by Gasteiger charge is 2.27. The van der Waals surface area contributed by atoms with Crippen molar-refractivity contribution in [2.24, 2.45) is 5.73 Å². The second-order valence-electron chi connectivity index (χ2n) is 8.64. The van der Waals surface area contributed by atoms with Gasteiger partial charge in [-0.1, -0.05) is 30.3 Å². The molecule has 1 aliphatic heterocycles. The molecular weight excluding hydrogens is 428 g/mol. The number of hydrogen-bond acceptors (Lipinski definition) is 4. The van der Waals surface area contributed by atoms with Crippen LogP contribution in [-0.4, -0.2) is 46.9 Å². The second kappa shape index (κ2) is 10.4. The summed E-state index contributed by atoms with van der Waals surface area (Å²) >= 11 is 0. The highest BCUT2D eigenvalue weighted by Crippen LogP contribution is 2.26. The van der Waals surface area contributed by atoms with Crippen LogP contribution in [0.15, 0.2) is 60.8 Å². The third-order valence-electron chi connectivity index (χ3n) is 6.39. The van der Waals surface area contributed by atoms with E-state index in [-0.39, 0.29) is 24.3 Å². The number of rotatable bonds is 7. The summed E-state index contributed by atoms with van der Waals surface area (Å²) in [5.41, 5.74) is 9.12. The molecule has 1 amide bonds. The zero-order valence-corrected chi connectivity index (χ0v) is 19.4. The van der Waals surface area contributed by atoms with E-state index in [0.717, 1.165) is 48.7 Å². The summed E-state index contributed by atoms with van der Waals surface area (Å²) in [6.07, 6.45) is 8.88. The molecule has 1 fully saturated rings. The Labute approximate surface area is 199 Å². The van der Waals surface area contributed by atoms with Crippen LogP contribution < -0.4 is 5.73 Å². The molecule has 1 atom stereocenters. The molecule has 2 aromatic carbocycles. The molecule has 0 radical (unpaired) electrons. The van der Waals surface area contributed by atoms with Crippen molar-refractivity contribution in [2.45, 2.75) is 38.3 Å². The SMILES string of the molecule is COC(=O)C=Cc1cn(CC(=O)N2CCCCC2Cc2ccccc2)c2ccc(C(=N)N)cc12. The van der Waals surface area contributed by atoms with Crippen molar-refractivity contribution < 1.29 is 14.3 Å². The zero-order valence-electron chi connectivity index (χ0n) is 19.4. The Morgan fingerprint density at radius 1 is 1.18 bits per heavy atom. The van der Waals surface area contributed by atoms with E-state index in [1.165, 1.54) is 18.7 Å².